The molecule has 34 heavy (non-hydrogen) atoms. The highest BCUT2D eigenvalue weighted by molar-refractivity contribution is 5.99. The van der Waals surface area contributed by atoms with Crippen molar-refractivity contribution in [1.82, 2.24) is 20.2 Å². The molecule has 0 saturated carbocycles. The van der Waals surface area contributed by atoms with Crippen molar-refractivity contribution < 1.29 is 13.9 Å². The van der Waals surface area contributed by atoms with E-state index in [9.17, 15) is 14.0 Å². The molecule has 0 spiro atoms. The number of anilines is 1. The highest BCUT2D eigenvalue weighted by Gasteiger charge is 2.20. The molecule has 3 aromatic rings. The summed E-state index contributed by atoms with van der Waals surface area (Å²) >= 11 is 0. The Morgan fingerprint density at radius 3 is 2.79 bits per heavy atom. The van der Waals surface area contributed by atoms with Crippen LogP contribution in [0.3, 0.4) is 0 Å². The maximum Gasteiger partial charge on any atom is 0.323 e. The number of hydrogen-bond acceptors (Lipinski definition) is 5. The molecule has 2 aliphatic rings. The number of hydrogen-bond donors (Lipinski definition) is 3. The van der Waals surface area contributed by atoms with Gasteiger partial charge in [0.1, 0.15) is 18.2 Å². The number of carbonyl (C=O) groups excluding carboxylic acids is 1. The van der Waals surface area contributed by atoms with Crippen molar-refractivity contribution in [1.29, 1.82) is 0 Å². The van der Waals surface area contributed by atoms with E-state index in [4.69, 9.17) is 4.74 Å². The van der Waals surface area contributed by atoms with Gasteiger partial charge in [0.25, 0.3) is 5.91 Å². The molecule has 0 bridgehead atoms. The van der Waals surface area contributed by atoms with E-state index in [1.54, 1.807) is 12.1 Å². The average Bonchev–Trinajstić information content (AvgIpc) is 3.24. The average molecular weight is 466 g/mol. The Morgan fingerprint density at radius 1 is 1.09 bits per heavy atom. The number of ether oxygens (including phenoxy) is 1. The van der Waals surface area contributed by atoms with Gasteiger partial charge in [-0.05, 0) is 55.8 Å². The van der Waals surface area contributed by atoms with E-state index >= 15 is 0 Å². The van der Waals surface area contributed by atoms with Crippen molar-refractivity contribution in [3.8, 4) is 5.75 Å². The molecule has 2 aliphatic heterocycles. The summed E-state index contributed by atoms with van der Waals surface area (Å²) in [6, 6.07) is 10.2. The maximum absolute atomic E-state index is 13.4. The van der Waals surface area contributed by atoms with Crippen LogP contribution in [0.5, 0.6) is 5.75 Å². The summed E-state index contributed by atoms with van der Waals surface area (Å²) in [4.78, 5) is 34.5. The Balaban J connectivity index is 1.04. The summed E-state index contributed by atoms with van der Waals surface area (Å²) in [5.41, 5.74) is 3.68. The Bertz CT molecular complexity index is 1270. The number of aromatic amines is 2. The van der Waals surface area contributed by atoms with E-state index in [1.807, 2.05) is 18.2 Å². The molecule has 9 heteroatoms. The van der Waals surface area contributed by atoms with Gasteiger partial charge < -0.3 is 24.9 Å². The third kappa shape index (κ3) is 4.84. The lowest BCUT2D eigenvalue weighted by atomic mass is 10.1. The number of carbonyl (C=O) groups is 1. The summed E-state index contributed by atoms with van der Waals surface area (Å²) < 4.78 is 19.0. The molecule has 1 fully saturated rings. The van der Waals surface area contributed by atoms with E-state index in [1.165, 1.54) is 12.1 Å². The largest absolute Gasteiger partial charge is 0.488 e. The van der Waals surface area contributed by atoms with Gasteiger partial charge in [-0.15, -0.1) is 0 Å². The lowest BCUT2D eigenvalue weighted by molar-refractivity contribution is -0.117. The number of H-pyrrole nitrogens is 2. The fourth-order valence-corrected chi connectivity index (χ4v) is 4.57. The van der Waals surface area contributed by atoms with Crippen molar-refractivity contribution in [2.24, 2.45) is 0 Å². The highest BCUT2D eigenvalue weighted by Crippen LogP contribution is 2.27. The fourth-order valence-electron chi connectivity index (χ4n) is 4.57. The van der Waals surface area contributed by atoms with Crippen LogP contribution in [0.15, 0.2) is 46.8 Å². The molecule has 0 radical (unpaired) electrons. The van der Waals surface area contributed by atoms with E-state index < -0.39 is 0 Å². The molecule has 1 amide bonds. The molecule has 2 aromatic carbocycles. The number of amides is 1. The first kappa shape index (κ1) is 22.2. The van der Waals surface area contributed by atoms with Crippen molar-refractivity contribution in [2.75, 3.05) is 50.8 Å². The third-order valence-electron chi connectivity index (χ3n) is 6.41. The lowest BCUT2D eigenvalue weighted by Gasteiger charge is -2.36. The normalized spacial score (nSPS) is 16.1. The van der Waals surface area contributed by atoms with Crippen molar-refractivity contribution in [3.05, 3.63) is 63.8 Å². The van der Waals surface area contributed by atoms with Crippen molar-refractivity contribution in [3.63, 3.8) is 0 Å². The lowest BCUT2D eigenvalue weighted by Crippen LogP contribution is -2.46. The van der Waals surface area contributed by atoms with Gasteiger partial charge in [0, 0.05) is 38.3 Å². The predicted molar refractivity (Wildman–Crippen MR) is 130 cm³/mol. The summed E-state index contributed by atoms with van der Waals surface area (Å²) in [5.74, 6) is 0.0779. The van der Waals surface area contributed by atoms with E-state index in [2.05, 4.69) is 25.1 Å². The van der Waals surface area contributed by atoms with Crippen LogP contribution >= 0.6 is 0 Å². The number of halogens is 1. The van der Waals surface area contributed by atoms with Gasteiger partial charge >= 0.3 is 5.69 Å². The van der Waals surface area contributed by atoms with Crippen molar-refractivity contribution in [2.45, 2.75) is 12.8 Å². The zero-order valence-corrected chi connectivity index (χ0v) is 18.9. The molecular formula is C25H28FN5O3. The summed E-state index contributed by atoms with van der Waals surface area (Å²) in [7, 11) is 0. The van der Waals surface area contributed by atoms with Crippen LogP contribution in [0.4, 0.5) is 10.1 Å². The molecule has 1 aromatic heterocycles. The second-order valence-corrected chi connectivity index (χ2v) is 8.71. The molecule has 3 heterocycles. The Hall–Kier alpha value is -3.59. The number of para-hydroxylation sites is 1. The first-order valence-corrected chi connectivity index (χ1v) is 11.7. The topological polar surface area (TPSA) is 93.5 Å². The number of rotatable bonds is 7. The van der Waals surface area contributed by atoms with Gasteiger partial charge in [-0.25, -0.2) is 9.18 Å². The molecule has 1 saturated heterocycles. The quantitative estimate of drug-likeness (QED) is 0.466. The molecule has 8 nitrogen and oxygen atoms in total. The zero-order chi connectivity index (χ0) is 23.5. The van der Waals surface area contributed by atoms with Gasteiger partial charge in [0.05, 0.1) is 22.3 Å². The molecular weight excluding hydrogens is 437 g/mol. The van der Waals surface area contributed by atoms with Gasteiger partial charge in [0.2, 0.25) is 0 Å². The molecule has 0 unspecified atom stereocenters. The first-order valence-electron chi connectivity index (χ1n) is 11.7. The Kier molecular flexibility index (Phi) is 6.35. The Morgan fingerprint density at radius 2 is 1.94 bits per heavy atom. The molecule has 0 atom stereocenters. The number of fused-ring (bicyclic) bond motifs is 2. The van der Waals surface area contributed by atoms with Crippen LogP contribution in [0.25, 0.3) is 17.1 Å². The number of piperazine rings is 1. The van der Waals surface area contributed by atoms with E-state index in [0.717, 1.165) is 62.3 Å². The third-order valence-corrected chi connectivity index (χ3v) is 6.41. The number of nitrogens with one attached hydrogen (secondary N) is 3. The van der Waals surface area contributed by atoms with Crippen molar-refractivity contribution >= 4 is 28.7 Å². The van der Waals surface area contributed by atoms with Crippen LogP contribution in [0, 0.1) is 5.82 Å². The minimum Gasteiger partial charge on any atom is -0.488 e. The summed E-state index contributed by atoms with van der Waals surface area (Å²) in [6.45, 7) is 5.48. The predicted octanol–water partition coefficient (Wildman–Crippen LogP) is 2.49. The summed E-state index contributed by atoms with van der Waals surface area (Å²) in [6.07, 6.45) is 3.57. The molecule has 178 valence electrons. The minimum absolute atomic E-state index is 0.166. The Labute approximate surface area is 196 Å². The van der Waals surface area contributed by atoms with Crippen LogP contribution in [-0.2, 0) is 4.79 Å². The number of aromatic nitrogens is 2. The van der Waals surface area contributed by atoms with Crippen LogP contribution in [0.1, 0.15) is 18.4 Å². The minimum atomic E-state index is -0.349. The maximum atomic E-state index is 13.4. The van der Waals surface area contributed by atoms with Gasteiger partial charge in [0.15, 0.2) is 0 Å². The zero-order valence-electron chi connectivity index (χ0n) is 18.9. The fraction of sp³-hybridized carbons (Fsp3) is 0.360. The van der Waals surface area contributed by atoms with Crippen LogP contribution in [0.2, 0.25) is 0 Å². The molecule has 3 N–H and O–H groups in total. The van der Waals surface area contributed by atoms with Crippen LogP contribution < -0.4 is 20.6 Å². The second kappa shape index (κ2) is 9.72. The SMILES string of the molecule is O=C(NCCCCN1CCN(c2cccc3[nH]c(=O)[nH]c23)CC1)C1=Cc2cc(F)ccc2OC1. The van der Waals surface area contributed by atoms with Gasteiger partial charge in [-0.2, -0.15) is 0 Å². The standard InChI is InChI=1S/C25H28FN5O3/c26-19-6-7-22-17(15-19)14-18(16-34-22)24(32)27-8-1-2-9-30-10-12-31(13-11-30)21-5-3-4-20-23(21)29-25(33)28-20/h3-7,14-15H,1-2,8-13,16H2,(H,27,32)(H2,28,29,33). The second-order valence-electron chi connectivity index (χ2n) is 8.71. The molecule has 0 aliphatic carbocycles. The number of imidazole rings is 1. The number of unbranched alkanes of at least 4 members (excludes halogenated alkanes) is 1. The van der Waals surface area contributed by atoms with E-state index in [-0.39, 0.29) is 24.0 Å². The highest BCUT2D eigenvalue weighted by atomic mass is 19.1. The number of nitrogens with zero attached hydrogens (tertiary/aromatic N) is 2. The van der Waals surface area contributed by atoms with Crippen LogP contribution in [-0.4, -0.2) is 66.7 Å². The van der Waals surface area contributed by atoms with Gasteiger partial charge in [-0.1, -0.05) is 6.07 Å². The van der Waals surface area contributed by atoms with Gasteiger partial charge in [-0.3, -0.25) is 9.69 Å². The smallest absolute Gasteiger partial charge is 0.323 e. The number of benzene rings is 2. The molecule has 5 rings (SSSR count). The van der Waals surface area contributed by atoms with E-state index in [0.29, 0.717) is 23.4 Å². The summed E-state index contributed by atoms with van der Waals surface area (Å²) in [5, 5.41) is 2.94. The monoisotopic (exact) mass is 465 g/mol. The first-order chi connectivity index (χ1) is 16.6.